The SMILES string of the molecule is Fc1ccccc1-c1nc2ccc3c(-c4ccccc4)nc(-c4ccccc4)c4ccc(n1)c2c34. The van der Waals surface area contributed by atoms with Gasteiger partial charge in [0.2, 0.25) is 0 Å². The number of aromatic nitrogens is 3. The van der Waals surface area contributed by atoms with Gasteiger partial charge < -0.3 is 0 Å². The third-order valence-electron chi connectivity index (χ3n) is 6.51. The van der Waals surface area contributed by atoms with Crippen molar-refractivity contribution in [1.82, 2.24) is 15.0 Å². The summed E-state index contributed by atoms with van der Waals surface area (Å²) in [6, 6.07) is 35.2. The first-order chi connectivity index (χ1) is 17.3. The summed E-state index contributed by atoms with van der Waals surface area (Å²) in [4.78, 5) is 14.8. The van der Waals surface area contributed by atoms with Gasteiger partial charge in [0.1, 0.15) is 5.82 Å². The normalized spacial score (nSPS) is 11.6. The van der Waals surface area contributed by atoms with Crippen LogP contribution in [0.25, 0.3) is 66.5 Å². The highest BCUT2D eigenvalue weighted by Gasteiger charge is 2.20. The van der Waals surface area contributed by atoms with Crippen LogP contribution in [0.1, 0.15) is 0 Å². The maximum atomic E-state index is 14.6. The first-order valence-corrected chi connectivity index (χ1v) is 11.5. The minimum absolute atomic E-state index is 0.331. The molecule has 0 aliphatic carbocycles. The van der Waals surface area contributed by atoms with E-state index in [4.69, 9.17) is 15.0 Å². The van der Waals surface area contributed by atoms with Crippen molar-refractivity contribution in [3.63, 3.8) is 0 Å². The van der Waals surface area contributed by atoms with Crippen LogP contribution in [0.5, 0.6) is 0 Å². The molecule has 3 nitrogen and oxygen atoms in total. The monoisotopic (exact) mass is 451 g/mol. The molecule has 4 heteroatoms. The van der Waals surface area contributed by atoms with E-state index in [2.05, 4.69) is 36.4 Å². The Balaban J connectivity index is 1.62. The molecule has 0 N–H and O–H groups in total. The van der Waals surface area contributed by atoms with Gasteiger partial charge in [0.25, 0.3) is 0 Å². The van der Waals surface area contributed by atoms with Gasteiger partial charge in [0.05, 0.1) is 28.0 Å². The van der Waals surface area contributed by atoms with Crippen molar-refractivity contribution in [1.29, 1.82) is 0 Å². The Morgan fingerprint density at radius 3 is 1.51 bits per heavy atom. The first-order valence-electron chi connectivity index (χ1n) is 11.5. The van der Waals surface area contributed by atoms with Crippen molar-refractivity contribution in [2.45, 2.75) is 0 Å². The van der Waals surface area contributed by atoms with Crippen molar-refractivity contribution in [3.05, 3.63) is 115 Å². The number of nitrogens with zero attached hydrogens (tertiary/aromatic N) is 3. The van der Waals surface area contributed by atoms with Gasteiger partial charge in [-0.15, -0.1) is 0 Å². The topological polar surface area (TPSA) is 38.7 Å². The van der Waals surface area contributed by atoms with Gasteiger partial charge in [-0.05, 0) is 36.4 Å². The van der Waals surface area contributed by atoms with Crippen LogP contribution in [0.2, 0.25) is 0 Å². The van der Waals surface area contributed by atoms with Crippen LogP contribution in [-0.2, 0) is 0 Å². The molecule has 0 saturated carbocycles. The van der Waals surface area contributed by atoms with E-state index in [9.17, 15) is 4.39 Å². The molecular weight excluding hydrogens is 433 g/mol. The van der Waals surface area contributed by atoms with E-state index in [0.29, 0.717) is 11.4 Å². The van der Waals surface area contributed by atoms with Gasteiger partial charge in [0, 0.05) is 32.7 Å². The van der Waals surface area contributed by atoms with Crippen LogP contribution in [0.4, 0.5) is 4.39 Å². The number of benzene rings is 5. The van der Waals surface area contributed by atoms with E-state index in [1.807, 2.05) is 48.5 Å². The second kappa shape index (κ2) is 7.67. The quantitative estimate of drug-likeness (QED) is 0.256. The average Bonchev–Trinajstić information content (AvgIpc) is 2.92. The summed E-state index contributed by atoms with van der Waals surface area (Å²) in [5.41, 5.74) is 5.92. The lowest BCUT2D eigenvalue weighted by atomic mass is 9.93. The Labute approximate surface area is 200 Å². The van der Waals surface area contributed by atoms with Crippen LogP contribution >= 0.6 is 0 Å². The molecule has 2 heterocycles. The smallest absolute Gasteiger partial charge is 0.163 e. The molecule has 0 bridgehead atoms. The Bertz CT molecular complexity index is 1740. The fraction of sp³-hybridized carbons (Fsp3) is 0. The van der Waals surface area contributed by atoms with E-state index >= 15 is 0 Å². The molecule has 0 aliphatic rings. The van der Waals surface area contributed by atoms with Crippen LogP contribution in [0, 0.1) is 5.82 Å². The standard InChI is InChI=1S/C31H18FN3/c32-24-14-8-7-13-21(24)31-33-25-17-15-22-27-23(16-18-26(34-31)28(25)27)30(20-11-5-2-6-12-20)35-29(22)19-9-3-1-4-10-19/h1-18H. The summed E-state index contributed by atoms with van der Waals surface area (Å²) >= 11 is 0. The van der Waals surface area contributed by atoms with Gasteiger partial charge >= 0.3 is 0 Å². The third-order valence-corrected chi connectivity index (χ3v) is 6.51. The van der Waals surface area contributed by atoms with E-state index in [0.717, 1.165) is 55.1 Å². The molecule has 7 rings (SSSR count). The maximum Gasteiger partial charge on any atom is 0.163 e. The van der Waals surface area contributed by atoms with Crippen LogP contribution < -0.4 is 0 Å². The number of hydrogen-bond acceptors (Lipinski definition) is 3. The Morgan fingerprint density at radius 2 is 0.971 bits per heavy atom. The van der Waals surface area contributed by atoms with Gasteiger partial charge in [-0.2, -0.15) is 0 Å². The molecule has 0 saturated heterocycles. The second-order valence-corrected chi connectivity index (χ2v) is 8.58. The lowest BCUT2D eigenvalue weighted by molar-refractivity contribution is 0.630. The largest absolute Gasteiger partial charge is 0.246 e. The van der Waals surface area contributed by atoms with Crippen LogP contribution in [-0.4, -0.2) is 15.0 Å². The summed E-state index contributed by atoms with van der Waals surface area (Å²) in [7, 11) is 0. The number of rotatable bonds is 3. The fourth-order valence-electron chi connectivity index (χ4n) is 4.92. The Morgan fingerprint density at radius 1 is 0.457 bits per heavy atom. The summed E-state index contributed by atoms with van der Waals surface area (Å²) in [6.07, 6.45) is 0. The number of halogens is 1. The maximum absolute atomic E-state index is 14.6. The van der Waals surface area contributed by atoms with Crippen molar-refractivity contribution in [2.24, 2.45) is 0 Å². The lowest BCUT2D eigenvalue weighted by Gasteiger charge is -2.17. The highest BCUT2D eigenvalue weighted by Crippen LogP contribution is 2.41. The van der Waals surface area contributed by atoms with Crippen molar-refractivity contribution < 1.29 is 4.39 Å². The fourth-order valence-corrected chi connectivity index (χ4v) is 4.92. The van der Waals surface area contributed by atoms with Gasteiger partial charge in [-0.25, -0.2) is 19.3 Å². The summed E-state index contributed by atoms with van der Waals surface area (Å²) in [5, 5.41) is 4.14. The van der Waals surface area contributed by atoms with Crippen LogP contribution in [0.3, 0.4) is 0 Å². The first kappa shape index (κ1) is 19.7. The molecule has 5 aromatic carbocycles. The molecule has 0 amide bonds. The minimum atomic E-state index is -0.331. The minimum Gasteiger partial charge on any atom is -0.246 e. The molecular formula is C31H18FN3. The molecule has 35 heavy (non-hydrogen) atoms. The molecule has 164 valence electrons. The summed E-state index contributed by atoms with van der Waals surface area (Å²) < 4.78 is 14.6. The van der Waals surface area contributed by atoms with Gasteiger partial charge in [-0.3, -0.25) is 0 Å². The van der Waals surface area contributed by atoms with E-state index in [1.54, 1.807) is 18.2 Å². The van der Waals surface area contributed by atoms with Crippen LogP contribution in [0.15, 0.2) is 109 Å². The zero-order valence-electron chi connectivity index (χ0n) is 18.6. The molecule has 2 aromatic heterocycles. The summed E-state index contributed by atoms with van der Waals surface area (Å²) in [6.45, 7) is 0. The van der Waals surface area contributed by atoms with Crippen molar-refractivity contribution >= 4 is 32.6 Å². The lowest BCUT2D eigenvalue weighted by Crippen LogP contribution is -1.98. The van der Waals surface area contributed by atoms with Gasteiger partial charge in [-0.1, -0.05) is 72.8 Å². The zero-order chi connectivity index (χ0) is 23.4. The molecule has 0 spiro atoms. The Hall–Kier alpha value is -4.70. The second-order valence-electron chi connectivity index (χ2n) is 8.58. The van der Waals surface area contributed by atoms with E-state index in [1.165, 1.54) is 6.07 Å². The van der Waals surface area contributed by atoms with E-state index in [-0.39, 0.29) is 5.82 Å². The highest BCUT2D eigenvalue weighted by molar-refractivity contribution is 6.26. The van der Waals surface area contributed by atoms with Gasteiger partial charge in [0.15, 0.2) is 5.82 Å². The average molecular weight is 452 g/mol. The molecule has 0 unspecified atom stereocenters. The molecule has 0 fully saturated rings. The van der Waals surface area contributed by atoms with Crippen molar-refractivity contribution in [2.75, 3.05) is 0 Å². The predicted octanol–water partition coefficient (Wildman–Crippen LogP) is 7.91. The van der Waals surface area contributed by atoms with Crippen molar-refractivity contribution in [3.8, 4) is 33.9 Å². The number of pyridine rings is 1. The molecule has 7 aromatic rings. The predicted molar refractivity (Wildman–Crippen MR) is 140 cm³/mol. The van der Waals surface area contributed by atoms with E-state index < -0.39 is 0 Å². The molecule has 0 radical (unpaired) electrons. The third kappa shape index (κ3) is 3.07. The summed E-state index contributed by atoms with van der Waals surface area (Å²) in [5.74, 6) is 0.0564. The molecule has 0 aliphatic heterocycles. The molecule has 0 atom stereocenters. The zero-order valence-corrected chi connectivity index (χ0v) is 18.6. The number of hydrogen-bond donors (Lipinski definition) is 0. The Kier molecular flexibility index (Phi) is 4.33. The highest BCUT2D eigenvalue weighted by atomic mass is 19.1.